The number of nitrogens with zero attached hydrogens (tertiary/aromatic N) is 2. The summed E-state index contributed by atoms with van der Waals surface area (Å²) in [4.78, 5) is 0. The van der Waals surface area contributed by atoms with Crippen LogP contribution in [0.4, 0.5) is 0 Å². The Labute approximate surface area is 42.2 Å². The molecule has 0 saturated carbocycles. The second-order valence-electron chi connectivity index (χ2n) is 0.932. The smallest absolute Gasteiger partial charge is 0.0621 e. The zero-order valence-electron chi connectivity index (χ0n) is 4.26. The molecule has 4 heteroatoms. The lowest BCUT2D eigenvalue weighted by atomic mass is 10.7. The van der Waals surface area contributed by atoms with Gasteiger partial charge in [-0.2, -0.15) is 5.11 Å². The van der Waals surface area contributed by atoms with Crippen LogP contribution in [-0.2, 0) is 0 Å². The van der Waals surface area contributed by atoms with Gasteiger partial charge < -0.3 is 5.11 Å². The van der Waals surface area contributed by atoms with E-state index in [1.165, 1.54) is 0 Å². The lowest BCUT2D eigenvalue weighted by Crippen LogP contribution is -2.09. The van der Waals surface area contributed by atoms with Crippen molar-refractivity contribution in [2.24, 2.45) is 10.3 Å². The van der Waals surface area contributed by atoms with Crippen molar-refractivity contribution in [1.29, 1.82) is 0 Å². The highest BCUT2D eigenvalue weighted by molar-refractivity contribution is 4.28. The average molecular weight is 103 g/mol. The van der Waals surface area contributed by atoms with Gasteiger partial charge in [0, 0.05) is 0 Å². The van der Waals surface area contributed by atoms with Gasteiger partial charge in [0.25, 0.3) is 0 Å². The Bertz CT molecular complexity index is 54.1. The predicted octanol–water partition coefficient (Wildman–Crippen LogP) is -0.435. The molecule has 0 aliphatic carbocycles. The van der Waals surface area contributed by atoms with Crippen molar-refractivity contribution in [3.05, 3.63) is 0 Å². The molecule has 0 spiro atoms. The Morgan fingerprint density at radius 2 is 2.43 bits per heavy atom. The maximum atomic E-state index is 8.13. The molecule has 0 radical (unpaired) electrons. The van der Waals surface area contributed by atoms with E-state index < -0.39 is 0 Å². The molecule has 7 heavy (non-hydrogen) atoms. The van der Waals surface area contributed by atoms with Gasteiger partial charge >= 0.3 is 0 Å². The number of rotatable bonds is 3. The van der Waals surface area contributed by atoms with E-state index in [9.17, 15) is 0 Å². The standard InChI is InChI=1S/C3H9N3O/c1-4-6-5-2-3-7/h7H,2-3H2,1H3,(H,4,5). The first-order valence-electron chi connectivity index (χ1n) is 2.04. The van der Waals surface area contributed by atoms with E-state index in [-0.39, 0.29) is 6.61 Å². The molecule has 0 aromatic heterocycles. The molecule has 0 atom stereocenters. The maximum Gasteiger partial charge on any atom is 0.0621 e. The van der Waals surface area contributed by atoms with Crippen LogP contribution in [0.2, 0.25) is 0 Å². The predicted molar refractivity (Wildman–Crippen MR) is 25.9 cm³/mol. The summed E-state index contributed by atoms with van der Waals surface area (Å²) >= 11 is 0. The van der Waals surface area contributed by atoms with Crippen LogP contribution in [0.25, 0.3) is 0 Å². The fourth-order valence-corrected chi connectivity index (χ4v) is 0.171. The van der Waals surface area contributed by atoms with Gasteiger partial charge in [-0.25, -0.2) is 0 Å². The minimum Gasteiger partial charge on any atom is -0.394 e. The second kappa shape index (κ2) is 5.36. The third kappa shape index (κ3) is 5.36. The van der Waals surface area contributed by atoms with Crippen LogP contribution in [0.5, 0.6) is 0 Å². The van der Waals surface area contributed by atoms with E-state index in [0.717, 1.165) is 0 Å². The zero-order valence-corrected chi connectivity index (χ0v) is 4.26. The summed E-state index contributed by atoms with van der Waals surface area (Å²) in [6.07, 6.45) is 0. The highest BCUT2D eigenvalue weighted by atomic mass is 16.3. The van der Waals surface area contributed by atoms with Crippen LogP contribution in [0.1, 0.15) is 0 Å². The van der Waals surface area contributed by atoms with E-state index in [2.05, 4.69) is 15.8 Å². The molecule has 2 N–H and O–H groups in total. The normalized spacial score (nSPS) is 10.0. The van der Waals surface area contributed by atoms with Gasteiger partial charge in [0.05, 0.1) is 20.2 Å². The summed E-state index contributed by atoms with van der Waals surface area (Å²) in [6, 6.07) is 0. The highest BCUT2D eigenvalue weighted by Gasteiger charge is 1.71. The molecule has 0 aromatic carbocycles. The number of hydrogen-bond acceptors (Lipinski definition) is 3. The fraction of sp³-hybridized carbons (Fsp3) is 1.00. The molecule has 0 fully saturated rings. The lowest BCUT2D eigenvalue weighted by molar-refractivity contribution is 0.292. The van der Waals surface area contributed by atoms with Crippen molar-refractivity contribution in [1.82, 2.24) is 5.43 Å². The molecule has 0 aliphatic rings. The Hall–Kier alpha value is -0.640. The van der Waals surface area contributed by atoms with E-state index in [1.54, 1.807) is 7.05 Å². The first kappa shape index (κ1) is 6.36. The number of aliphatic hydroxyl groups is 1. The summed E-state index contributed by atoms with van der Waals surface area (Å²) < 4.78 is 0. The van der Waals surface area contributed by atoms with Crippen LogP contribution in [0.3, 0.4) is 0 Å². The van der Waals surface area contributed by atoms with Crippen LogP contribution >= 0.6 is 0 Å². The first-order valence-corrected chi connectivity index (χ1v) is 2.04. The highest BCUT2D eigenvalue weighted by Crippen LogP contribution is 1.58. The molecule has 0 saturated heterocycles. The topological polar surface area (TPSA) is 57.0 Å². The largest absolute Gasteiger partial charge is 0.394 e. The monoisotopic (exact) mass is 103 g/mol. The maximum absolute atomic E-state index is 8.13. The van der Waals surface area contributed by atoms with Gasteiger partial charge in [-0.05, 0) is 0 Å². The Morgan fingerprint density at radius 3 is 2.86 bits per heavy atom. The summed E-state index contributed by atoms with van der Waals surface area (Å²) in [5.41, 5.74) is 2.49. The first-order chi connectivity index (χ1) is 3.41. The minimum atomic E-state index is 0.0962. The molecule has 0 aliphatic heterocycles. The van der Waals surface area contributed by atoms with Gasteiger partial charge in [-0.3, -0.25) is 5.43 Å². The van der Waals surface area contributed by atoms with Crippen LogP contribution in [0, 0.1) is 0 Å². The van der Waals surface area contributed by atoms with Crippen molar-refractivity contribution in [3.63, 3.8) is 0 Å². The number of nitrogens with one attached hydrogen (secondary N) is 1. The van der Waals surface area contributed by atoms with Crippen LogP contribution < -0.4 is 5.43 Å². The Morgan fingerprint density at radius 1 is 1.71 bits per heavy atom. The van der Waals surface area contributed by atoms with Gasteiger partial charge in [0.2, 0.25) is 0 Å². The molecular weight excluding hydrogens is 94.1 g/mol. The zero-order chi connectivity index (χ0) is 5.54. The van der Waals surface area contributed by atoms with Crippen molar-refractivity contribution in [3.8, 4) is 0 Å². The quantitative estimate of drug-likeness (QED) is 0.289. The summed E-state index contributed by atoms with van der Waals surface area (Å²) in [6.45, 7) is 0.566. The van der Waals surface area contributed by atoms with E-state index in [1.807, 2.05) is 0 Å². The molecule has 4 nitrogen and oxygen atoms in total. The average Bonchev–Trinajstić information content (AvgIpc) is 1.69. The molecule has 0 aromatic rings. The van der Waals surface area contributed by atoms with Crippen molar-refractivity contribution >= 4 is 0 Å². The molecule has 0 rings (SSSR count). The molecule has 0 heterocycles. The van der Waals surface area contributed by atoms with Crippen LogP contribution in [0.15, 0.2) is 10.3 Å². The molecule has 0 unspecified atom stereocenters. The van der Waals surface area contributed by atoms with Gasteiger partial charge in [0.1, 0.15) is 0 Å². The van der Waals surface area contributed by atoms with E-state index >= 15 is 0 Å². The lowest BCUT2D eigenvalue weighted by Gasteiger charge is -1.88. The van der Waals surface area contributed by atoms with Gasteiger partial charge in [0.15, 0.2) is 0 Å². The number of hydrogen-bond donors (Lipinski definition) is 2. The van der Waals surface area contributed by atoms with E-state index in [4.69, 9.17) is 5.11 Å². The second-order valence-corrected chi connectivity index (χ2v) is 0.932. The molecule has 0 amide bonds. The minimum absolute atomic E-state index is 0.0962. The van der Waals surface area contributed by atoms with Crippen LogP contribution in [-0.4, -0.2) is 25.3 Å². The van der Waals surface area contributed by atoms with Crippen molar-refractivity contribution in [2.75, 3.05) is 20.2 Å². The summed E-state index contributed by atoms with van der Waals surface area (Å²) in [5, 5.41) is 14.9. The third-order valence-corrected chi connectivity index (χ3v) is 0.394. The number of aliphatic hydroxyl groups excluding tert-OH is 1. The molecule has 0 bridgehead atoms. The summed E-state index contributed by atoms with van der Waals surface area (Å²) in [7, 11) is 1.56. The van der Waals surface area contributed by atoms with Gasteiger partial charge in [-0.1, -0.05) is 5.22 Å². The third-order valence-electron chi connectivity index (χ3n) is 0.394. The van der Waals surface area contributed by atoms with Crippen molar-refractivity contribution in [2.45, 2.75) is 0 Å². The summed E-state index contributed by atoms with van der Waals surface area (Å²) in [5.74, 6) is 0. The Kier molecular flexibility index (Phi) is 4.87. The van der Waals surface area contributed by atoms with Crippen molar-refractivity contribution < 1.29 is 5.11 Å². The SMILES string of the molecule is CN=NNCCO. The Balaban J connectivity index is 2.69. The van der Waals surface area contributed by atoms with Gasteiger partial charge in [-0.15, -0.1) is 0 Å². The fourth-order valence-electron chi connectivity index (χ4n) is 0.171. The van der Waals surface area contributed by atoms with E-state index in [0.29, 0.717) is 6.54 Å². The molecule has 42 valence electrons. The molecular formula is C3H9N3O.